The summed E-state index contributed by atoms with van der Waals surface area (Å²) >= 11 is 0. The average molecular weight is 281 g/mol. The maximum atomic E-state index is 12.5. The second-order valence-corrected chi connectivity index (χ2v) is 6.39. The summed E-state index contributed by atoms with van der Waals surface area (Å²) in [6, 6.07) is 0. The quantitative estimate of drug-likeness (QED) is 0.851. The molecule has 1 heterocycles. The van der Waals surface area contributed by atoms with Crippen molar-refractivity contribution in [3.63, 3.8) is 0 Å². The summed E-state index contributed by atoms with van der Waals surface area (Å²) in [5, 5.41) is 8.98. The normalized spacial score (nSPS) is 34.8. The summed E-state index contributed by atoms with van der Waals surface area (Å²) in [5.74, 6) is 0.644. The highest BCUT2D eigenvalue weighted by molar-refractivity contribution is 5.83. The van der Waals surface area contributed by atoms with E-state index in [2.05, 4.69) is 0 Å². The summed E-state index contributed by atoms with van der Waals surface area (Å²) in [5.41, 5.74) is 0. The highest BCUT2D eigenvalue weighted by Gasteiger charge is 2.49. The minimum Gasteiger partial charge on any atom is -0.479 e. The van der Waals surface area contributed by atoms with Crippen LogP contribution in [-0.4, -0.2) is 47.7 Å². The van der Waals surface area contributed by atoms with Crippen molar-refractivity contribution in [2.45, 2.75) is 44.6 Å². The lowest BCUT2D eigenvalue weighted by Crippen LogP contribution is -2.49. The van der Waals surface area contributed by atoms with Gasteiger partial charge in [-0.15, -0.1) is 0 Å². The molecule has 3 fully saturated rings. The molecule has 1 N–H and O–H groups in total. The number of rotatable bonds is 3. The molecule has 1 saturated heterocycles. The van der Waals surface area contributed by atoms with Crippen molar-refractivity contribution in [1.29, 1.82) is 0 Å². The van der Waals surface area contributed by atoms with E-state index < -0.39 is 12.1 Å². The Labute approximate surface area is 119 Å². The van der Waals surface area contributed by atoms with Gasteiger partial charge in [-0.25, -0.2) is 4.79 Å². The van der Waals surface area contributed by atoms with E-state index in [1.165, 1.54) is 32.1 Å². The van der Waals surface area contributed by atoms with Crippen molar-refractivity contribution >= 4 is 11.9 Å². The number of ether oxygens (including phenoxy) is 1. The Morgan fingerprint density at radius 1 is 1.15 bits per heavy atom. The van der Waals surface area contributed by atoms with Crippen molar-refractivity contribution < 1.29 is 19.4 Å². The van der Waals surface area contributed by atoms with E-state index in [0.29, 0.717) is 19.1 Å². The van der Waals surface area contributed by atoms with Crippen LogP contribution >= 0.6 is 0 Å². The zero-order valence-corrected chi connectivity index (χ0v) is 11.8. The predicted octanol–water partition coefficient (Wildman–Crippen LogP) is 1.51. The van der Waals surface area contributed by atoms with Gasteiger partial charge in [0.1, 0.15) is 0 Å². The molecule has 2 saturated carbocycles. The van der Waals surface area contributed by atoms with Crippen molar-refractivity contribution in [2.24, 2.45) is 17.8 Å². The molecule has 0 bridgehead atoms. The van der Waals surface area contributed by atoms with Crippen LogP contribution < -0.4 is 0 Å². The standard InChI is InChI=1S/C15H23NO4/c17-14(16-6-7-20-13(9-16)15(18)19)12-8-11(12)10-4-2-1-3-5-10/h10-13H,1-9H2,(H,18,19)/t11-,12-,13-/m0/s1. The number of amides is 1. The van der Waals surface area contributed by atoms with Gasteiger partial charge in [-0.2, -0.15) is 0 Å². The van der Waals surface area contributed by atoms with Crippen LogP contribution in [-0.2, 0) is 14.3 Å². The number of nitrogens with zero attached hydrogens (tertiary/aromatic N) is 1. The predicted molar refractivity (Wildman–Crippen MR) is 72.1 cm³/mol. The summed E-state index contributed by atoms with van der Waals surface area (Å²) in [6.45, 7) is 1.09. The zero-order valence-electron chi connectivity index (χ0n) is 11.8. The van der Waals surface area contributed by atoms with Gasteiger partial charge in [0.2, 0.25) is 5.91 Å². The number of carboxylic acids is 1. The van der Waals surface area contributed by atoms with Gasteiger partial charge < -0.3 is 14.7 Å². The molecule has 1 aliphatic heterocycles. The molecule has 5 heteroatoms. The average Bonchev–Trinajstić information content (AvgIpc) is 3.28. The van der Waals surface area contributed by atoms with Crippen molar-refractivity contribution in [2.75, 3.05) is 19.7 Å². The topological polar surface area (TPSA) is 66.8 Å². The summed E-state index contributed by atoms with van der Waals surface area (Å²) < 4.78 is 5.17. The number of carbonyl (C=O) groups is 2. The summed E-state index contributed by atoms with van der Waals surface area (Å²) in [7, 11) is 0. The van der Waals surface area contributed by atoms with Crippen molar-refractivity contribution in [1.82, 2.24) is 4.90 Å². The van der Waals surface area contributed by atoms with Gasteiger partial charge in [-0.05, 0) is 18.3 Å². The molecule has 0 spiro atoms. The van der Waals surface area contributed by atoms with Crippen LogP contribution in [0.4, 0.5) is 0 Å². The van der Waals surface area contributed by atoms with Gasteiger partial charge in [0.05, 0.1) is 13.2 Å². The molecule has 20 heavy (non-hydrogen) atoms. The lowest BCUT2D eigenvalue weighted by molar-refractivity contribution is -0.159. The zero-order chi connectivity index (χ0) is 14.1. The van der Waals surface area contributed by atoms with Gasteiger partial charge in [0.15, 0.2) is 6.10 Å². The molecule has 0 radical (unpaired) electrons. The smallest absolute Gasteiger partial charge is 0.334 e. The molecule has 0 aromatic rings. The van der Waals surface area contributed by atoms with E-state index in [1.54, 1.807) is 4.90 Å². The molecule has 2 aliphatic carbocycles. The highest BCUT2D eigenvalue weighted by Crippen LogP contribution is 2.50. The summed E-state index contributed by atoms with van der Waals surface area (Å²) in [6.07, 6.45) is 6.66. The highest BCUT2D eigenvalue weighted by atomic mass is 16.5. The third-order valence-corrected chi connectivity index (χ3v) is 5.07. The first-order valence-corrected chi connectivity index (χ1v) is 7.80. The molecule has 3 atom stereocenters. The first-order chi connectivity index (χ1) is 9.66. The fourth-order valence-corrected chi connectivity index (χ4v) is 3.82. The van der Waals surface area contributed by atoms with Gasteiger partial charge in [-0.1, -0.05) is 32.1 Å². The van der Waals surface area contributed by atoms with E-state index in [4.69, 9.17) is 9.84 Å². The number of hydrogen-bond acceptors (Lipinski definition) is 3. The Balaban J connectivity index is 1.53. The fraction of sp³-hybridized carbons (Fsp3) is 0.867. The lowest BCUT2D eigenvalue weighted by Gasteiger charge is -2.31. The second-order valence-electron chi connectivity index (χ2n) is 6.39. The Morgan fingerprint density at radius 3 is 2.60 bits per heavy atom. The minimum absolute atomic E-state index is 0.158. The molecule has 3 rings (SSSR count). The fourth-order valence-electron chi connectivity index (χ4n) is 3.82. The molecule has 0 aromatic heterocycles. The van der Waals surface area contributed by atoms with Crippen LogP contribution in [0, 0.1) is 17.8 Å². The van der Waals surface area contributed by atoms with E-state index in [0.717, 1.165) is 12.3 Å². The monoisotopic (exact) mass is 281 g/mol. The number of carboxylic acid groups (broad SMARTS) is 1. The van der Waals surface area contributed by atoms with Crippen LogP contribution in [0.2, 0.25) is 0 Å². The van der Waals surface area contributed by atoms with Crippen LogP contribution in [0.5, 0.6) is 0 Å². The first-order valence-electron chi connectivity index (χ1n) is 7.80. The third-order valence-electron chi connectivity index (χ3n) is 5.07. The van der Waals surface area contributed by atoms with Gasteiger partial charge >= 0.3 is 5.97 Å². The molecule has 3 aliphatic rings. The lowest BCUT2D eigenvalue weighted by atomic mass is 9.85. The molecule has 1 amide bonds. The molecule has 112 valence electrons. The van der Waals surface area contributed by atoms with Crippen LogP contribution in [0.25, 0.3) is 0 Å². The van der Waals surface area contributed by atoms with Crippen LogP contribution in [0.1, 0.15) is 38.5 Å². The number of morpholine rings is 1. The van der Waals surface area contributed by atoms with Crippen molar-refractivity contribution in [3.8, 4) is 0 Å². The third kappa shape index (κ3) is 2.82. The van der Waals surface area contributed by atoms with Gasteiger partial charge in [0.25, 0.3) is 0 Å². The molecule has 0 aromatic carbocycles. The van der Waals surface area contributed by atoms with Crippen LogP contribution in [0.3, 0.4) is 0 Å². The number of carbonyl (C=O) groups excluding carboxylic acids is 1. The minimum atomic E-state index is -0.970. The first kappa shape index (κ1) is 13.9. The Bertz CT molecular complexity index is 391. The van der Waals surface area contributed by atoms with E-state index in [1.807, 2.05) is 0 Å². The maximum absolute atomic E-state index is 12.5. The largest absolute Gasteiger partial charge is 0.479 e. The van der Waals surface area contributed by atoms with Crippen LogP contribution in [0.15, 0.2) is 0 Å². The van der Waals surface area contributed by atoms with E-state index in [-0.39, 0.29) is 18.4 Å². The van der Waals surface area contributed by atoms with Crippen molar-refractivity contribution in [3.05, 3.63) is 0 Å². The summed E-state index contributed by atoms with van der Waals surface area (Å²) in [4.78, 5) is 25.1. The molecular formula is C15H23NO4. The molecule has 5 nitrogen and oxygen atoms in total. The van der Waals surface area contributed by atoms with E-state index in [9.17, 15) is 9.59 Å². The number of hydrogen-bond donors (Lipinski definition) is 1. The van der Waals surface area contributed by atoms with Gasteiger partial charge in [0, 0.05) is 12.5 Å². The second kappa shape index (κ2) is 5.72. The Hall–Kier alpha value is -1.10. The SMILES string of the molecule is O=C(O)[C@@H]1CN(C(=O)[C@H]2C[C@H]2C2CCCCC2)CCO1. The molecule has 0 unspecified atom stereocenters. The molecular weight excluding hydrogens is 258 g/mol. The number of aliphatic carboxylic acids is 1. The van der Waals surface area contributed by atoms with Gasteiger partial charge in [-0.3, -0.25) is 4.79 Å². The Kier molecular flexibility index (Phi) is 3.96. The van der Waals surface area contributed by atoms with E-state index >= 15 is 0 Å². The maximum Gasteiger partial charge on any atom is 0.334 e. The Morgan fingerprint density at radius 2 is 1.90 bits per heavy atom.